The van der Waals surface area contributed by atoms with E-state index >= 15 is 0 Å². The number of fused-ring (bicyclic) bond motifs is 1. The number of thioether (sulfide) groups is 1. The van der Waals surface area contributed by atoms with Crippen molar-refractivity contribution in [2.24, 2.45) is 4.99 Å². The van der Waals surface area contributed by atoms with Gasteiger partial charge in [0.1, 0.15) is 18.1 Å². The van der Waals surface area contributed by atoms with E-state index in [4.69, 9.17) is 14.5 Å². The van der Waals surface area contributed by atoms with E-state index < -0.39 is 0 Å². The fraction of sp³-hybridized carbons (Fsp3) is 0.133. The summed E-state index contributed by atoms with van der Waals surface area (Å²) in [7, 11) is 1.63. The molecule has 0 bridgehead atoms. The molecule has 0 spiro atoms. The van der Waals surface area contributed by atoms with Gasteiger partial charge in [-0.1, -0.05) is 60.7 Å². The Hall–Kier alpha value is -4.03. The fourth-order valence-electron chi connectivity index (χ4n) is 4.08. The lowest BCUT2D eigenvalue weighted by atomic mass is 10.1. The SMILES string of the molecule is CCN1C(=O)/C(=C\c2ccccc2OCc2cccc3ccccc23)SC1=Nc1ccc(OC)cc1. The zero-order valence-corrected chi connectivity index (χ0v) is 21.0. The van der Waals surface area contributed by atoms with E-state index in [1.807, 2.05) is 79.7 Å². The molecule has 1 aliphatic rings. The largest absolute Gasteiger partial charge is 0.497 e. The molecular weight excluding hydrogens is 468 g/mol. The number of rotatable bonds is 7. The van der Waals surface area contributed by atoms with E-state index in [9.17, 15) is 4.79 Å². The van der Waals surface area contributed by atoms with Crippen LogP contribution in [0.5, 0.6) is 11.5 Å². The standard InChI is InChI=1S/C30H26N2O3S/c1-3-32-29(33)28(36-30(32)31-24-15-17-25(34-2)18-16-24)19-22-10-5-7-14-27(22)35-20-23-12-8-11-21-9-4-6-13-26(21)23/h4-19H,3,20H2,1-2H3/b28-19+,31-30?. The fourth-order valence-corrected chi connectivity index (χ4v) is 5.14. The second-order valence-electron chi connectivity index (χ2n) is 8.22. The van der Waals surface area contributed by atoms with Crippen LogP contribution in [0.2, 0.25) is 0 Å². The normalized spacial score (nSPS) is 15.7. The molecule has 0 radical (unpaired) electrons. The summed E-state index contributed by atoms with van der Waals surface area (Å²) in [5.74, 6) is 1.44. The van der Waals surface area contributed by atoms with Crippen molar-refractivity contribution < 1.29 is 14.3 Å². The van der Waals surface area contributed by atoms with Crippen LogP contribution >= 0.6 is 11.8 Å². The zero-order valence-electron chi connectivity index (χ0n) is 20.2. The second-order valence-corrected chi connectivity index (χ2v) is 9.23. The minimum atomic E-state index is -0.0568. The first kappa shape index (κ1) is 23.7. The van der Waals surface area contributed by atoms with Gasteiger partial charge < -0.3 is 9.47 Å². The lowest BCUT2D eigenvalue weighted by molar-refractivity contribution is -0.122. The molecule has 0 unspecified atom stereocenters. The topological polar surface area (TPSA) is 51.1 Å². The number of likely N-dealkylation sites (N-methyl/N-ethyl adjacent to an activating group) is 1. The van der Waals surface area contributed by atoms with Gasteiger partial charge in [-0.15, -0.1) is 0 Å². The summed E-state index contributed by atoms with van der Waals surface area (Å²) in [5.41, 5.74) is 2.74. The molecule has 1 aliphatic heterocycles. The number of para-hydroxylation sites is 1. The van der Waals surface area contributed by atoms with Gasteiger partial charge in [-0.3, -0.25) is 9.69 Å². The van der Waals surface area contributed by atoms with Gasteiger partial charge in [-0.2, -0.15) is 0 Å². The Labute approximate surface area is 215 Å². The Kier molecular flexibility index (Phi) is 7.05. The molecule has 1 amide bonds. The number of hydrogen-bond donors (Lipinski definition) is 0. The molecule has 1 fully saturated rings. The molecule has 0 aliphatic carbocycles. The van der Waals surface area contributed by atoms with Crippen molar-refractivity contribution >= 4 is 45.4 Å². The van der Waals surface area contributed by atoms with Crippen molar-refractivity contribution in [2.75, 3.05) is 13.7 Å². The average Bonchev–Trinajstić information content (AvgIpc) is 3.21. The highest BCUT2D eigenvalue weighted by molar-refractivity contribution is 8.18. The first-order valence-corrected chi connectivity index (χ1v) is 12.6. The van der Waals surface area contributed by atoms with Crippen molar-refractivity contribution in [3.8, 4) is 11.5 Å². The lowest BCUT2D eigenvalue weighted by Gasteiger charge is -2.12. The number of aliphatic imine (C=N–C) groups is 1. The first-order valence-electron chi connectivity index (χ1n) is 11.8. The third-order valence-electron chi connectivity index (χ3n) is 5.97. The summed E-state index contributed by atoms with van der Waals surface area (Å²) in [4.78, 5) is 20.2. The third kappa shape index (κ3) is 4.99. The van der Waals surface area contributed by atoms with Gasteiger partial charge >= 0.3 is 0 Å². The van der Waals surface area contributed by atoms with Crippen LogP contribution in [0, 0.1) is 0 Å². The Morgan fingerprint density at radius 3 is 2.47 bits per heavy atom. The number of amides is 1. The Morgan fingerprint density at radius 1 is 0.917 bits per heavy atom. The lowest BCUT2D eigenvalue weighted by Crippen LogP contribution is -2.28. The molecule has 0 N–H and O–H groups in total. The molecule has 1 heterocycles. The monoisotopic (exact) mass is 494 g/mol. The van der Waals surface area contributed by atoms with Crippen LogP contribution in [-0.2, 0) is 11.4 Å². The van der Waals surface area contributed by atoms with Gasteiger partial charge in [0.15, 0.2) is 5.17 Å². The summed E-state index contributed by atoms with van der Waals surface area (Å²) in [6.07, 6.45) is 1.89. The van der Waals surface area contributed by atoms with E-state index in [-0.39, 0.29) is 5.91 Å². The molecule has 36 heavy (non-hydrogen) atoms. The molecule has 1 saturated heterocycles. The van der Waals surface area contributed by atoms with Gasteiger partial charge in [-0.25, -0.2) is 4.99 Å². The smallest absolute Gasteiger partial charge is 0.266 e. The first-order chi connectivity index (χ1) is 17.7. The van der Waals surface area contributed by atoms with Crippen molar-refractivity contribution in [3.63, 3.8) is 0 Å². The highest BCUT2D eigenvalue weighted by atomic mass is 32.2. The van der Waals surface area contributed by atoms with E-state index in [0.717, 1.165) is 28.3 Å². The molecular formula is C30H26N2O3S. The second kappa shape index (κ2) is 10.7. The maximum Gasteiger partial charge on any atom is 0.266 e. The molecule has 180 valence electrons. The number of hydrogen-bond acceptors (Lipinski definition) is 5. The summed E-state index contributed by atoms with van der Waals surface area (Å²) < 4.78 is 11.5. The van der Waals surface area contributed by atoms with E-state index in [1.54, 1.807) is 12.0 Å². The molecule has 6 heteroatoms. The average molecular weight is 495 g/mol. The van der Waals surface area contributed by atoms with Crippen LogP contribution in [-0.4, -0.2) is 29.6 Å². The van der Waals surface area contributed by atoms with Gasteiger partial charge in [0.2, 0.25) is 0 Å². The Bertz CT molecular complexity index is 1460. The van der Waals surface area contributed by atoms with Gasteiger partial charge in [0, 0.05) is 12.1 Å². The van der Waals surface area contributed by atoms with E-state index in [1.165, 1.54) is 22.5 Å². The van der Waals surface area contributed by atoms with Crippen LogP contribution < -0.4 is 9.47 Å². The van der Waals surface area contributed by atoms with Gasteiger partial charge in [0.05, 0.1) is 17.7 Å². The Balaban J connectivity index is 1.39. The molecule has 4 aromatic rings. The van der Waals surface area contributed by atoms with Crippen LogP contribution in [0.25, 0.3) is 16.8 Å². The maximum atomic E-state index is 13.2. The number of benzene rings is 4. The molecule has 4 aromatic carbocycles. The molecule has 0 aromatic heterocycles. The van der Waals surface area contributed by atoms with Crippen molar-refractivity contribution in [2.45, 2.75) is 13.5 Å². The van der Waals surface area contributed by atoms with Crippen molar-refractivity contribution in [3.05, 3.63) is 107 Å². The quantitative estimate of drug-likeness (QED) is 0.258. The molecule has 0 atom stereocenters. The van der Waals surface area contributed by atoms with Crippen LogP contribution in [0.4, 0.5) is 5.69 Å². The maximum absolute atomic E-state index is 13.2. The predicted octanol–water partition coefficient (Wildman–Crippen LogP) is 7.05. The number of amidine groups is 1. The number of carbonyl (C=O) groups is 1. The minimum Gasteiger partial charge on any atom is -0.497 e. The number of carbonyl (C=O) groups excluding carboxylic acids is 1. The van der Waals surface area contributed by atoms with E-state index in [2.05, 4.69) is 24.3 Å². The number of methoxy groups -OCH3 is 1. The highest BCUT2D eigenvalue weighted by Crippen LogP contribution is 2.36. The van der Waals surface area contributed by atoms with E-state index in [0.29, 0.717) is 23.2 Å². The highest BCUT2D eigenvalue weighted by Gasteiger charge is 2.32. The molecule has 5 rings (SSSR count). The zero-order chi connectivity index (χ0) is 24.9. The van der Waals surface area contributed by atoms with Gasteiger partial charge in [0.25, 0.3) is 5.91 Å². The van der Waals surface area contributed by atoms with Crippen LogP contribution in [0.1, 0.15) is 18.1 Å². The van der Waals surface area contributed by atoms with Crippen molar-refractivity contribution in [1.82, 2.24) is 4.90 Å². The summed E-state index contributed by atoms with van der Waals surface area (Å²) in [6, 6.07) is 29.8. The minimum absolute atomic E-state index is 0.0568. The van der Waals surface area contributed by atoms with Crippen LogP contribution in [0.15, 0.2) is 101 Å². The number of nitrogens with zero attached hydrogens (tertiary/aromatic N) is 2. The van der Waals surface area contributed by atoms with Crippen LogP contribution in [0.3, 0.4) is 0 Å². The third-order valence-corrected chi connectivity index (χ3v) is 6.98. The number of ether oxygens (including phenoxy) is 2. The summed E-state index contributed by atoms with van der Waals surface area (Å²) in [5, 5.41) is 3.02. The van der Waals surface area contributed by atoms with Crippen molar-refractivity contribution in [1.29, 1.82) is 0 Å². The Morgan fingerprint density at radius 2 is 1.67 bits per heavy atom. The predicted molar refractivity (Wildman–Crippen MR) is 148 cm³/mol. The van der Waals surface area contributed by atoms with Gasteiger partial charge in [-0.05, 0) is 71.4 Å². The summed E-state index contributed by atoms with van der Waals surface area (Å²) in [6.45, 7) is 2.93. The molecule has 0 saturated carbocycles. The summed E-state index contributed by atoms with van der Waals surface area (Å²) >= 11 is 1.38. The molecule has 5 nitrogen and oxygen atoms in total.